The van der Waals surface area contributed by atoms with Crippen molar-refractivity contribution in [1.82, 2.24) is 10.2 Å². The minimum Gasteiger partial charge on any atom is -0.497 e. The van der Waals surface area contributed by atoms with Crippen LogP contribution in [0.5, 0.6) is 5.75 Å². The van der Waals surface area contributed by atoms with Crippen molar-refractivity contribution in [2.75, 3.05) is 24.2 Å². The fourth-order valence-electron chi connectivity index (χ4n) is 3.26. The van der Waals surface area contributed by atoms with Gasteiger partial charge in [0.25, 0.3) is 0 Å². The molecule has 180 valence electrons. The summed E-state index contributed by atoms with van der Waals surface area (Å²) in [5.74, 6) is -0.331. The summed E-state index contributed by atoms with van der Waals surface area (Å²) in [7, 11) is -2.31. The van der Waals surface area contributed by atoms with E-state index in [0.29, 0.717) is 11.4 Å². The normalized spacial score (nSPS) is 12.2. The molecule has 2 aromatic rings. The van der Waals surface area contributed by atoms with Gasteiger partial charge < -0.3 is 15.0 Å². The molecule has 0 fully saturated rings. The van der Waals surface area contributed by atoms with Crippen LogP contribution in [-0.2, 0) is 26.2 Å². The second-order valence-electron chi connectivity index (χ2n) is 8.32. The molecule has 0 aliphatic heterocycles. The highest BCUT2D eigenvalue weighted by Gasteiger charge is 2.30. The molecule has 0 saturated carbocycles. The van der Waals surface area contributed by atoms with Crippen molar-refractivity contribution in [2.45, 2.75) is 46.3 Å². The SMILES string of the molecule is COc1cccc(N(CC(=O)N(Cc2ccc(C)cc2)[C@@H](C)C(=O)NC(C)C)S(C)(=O)=O)c1. The number of nitrogens with zero attached hydrogens (tertiary/aromatic N) is 2. The van der Waals surface area contributed by atoms with Crippen molar-refractivity contribution < 1.29 is 22.7 Å². The van der Waals surface area contributed by atoms with Crippen molar-refractivity contribution in [3.8, 4) is 5.75 Å². The van der Waals surface area contributed by atoms with Crippen LogP contribution >= 0.6 is 0 Å². The lowest BCUT2D eigenvalue weighted by Gasteiger charge is -2.32. The number of aryl methyl sites for hydroxylation is 1. The third-order valence-electron chi connectivity index (χ3n) is 5.09. The number of rotatable bonds is 10. The minimum absolute atomic E-state index is 0.0967. The summed E-state index contributed by atoms with van der Waals surface area (Å²) in [6.45, 7) is 7.00. The molecule has 0 aromatic heterocycles. The fraction of sp³-hybridized carbons (Fsp3) is 0.417. The number of ether oxygens (including phenoxy) is 1. The predicted octanol–water partition coefficient (Wildman–Crippen LogP) is 2.71. The van der Waals surface area contributed by atoms with Crippen molar-refractivity contribution in [3.05, 3.63) is 59.7 Å². The van der Waals surface area contributed by atoms with Crippen LogP contribution in [0.25, 0.3) is 0 Å². The molecule has 0 aliphatic carbocycles. The number of carbonyl (C=O) groups is 2. The first-order chi connectivity index (χ1) is 15.4. The van der Waals surface area contributed by atoms with Crippen LogP contribution in [0.3, 0.4) is 0 Å². The Morgan fingerprint density at radius 2 is 1.70 bits per heavy atom. The fourth-order valence-corrected chi connectivity index (χ4v) is 4.10. The van der Waals surface area contributed by atoms with E-state index >= 15 is 0 Å². The van der Waals surface area contributed by atoms with Gasteiger partial charge in [-0.25, -0.2) is 8.42 Å². The largest absolute Gasteiger partial charge is 0.497 e. The zero-order chi connectivity index (χ0) is 24.8. The number of hydrogen-bond acceptors (Lipinski definition) is 5. The first kappa shape index (κ1) is 26.2. The zero-order valence-electron chi connectivity index (χ0n) is 20.0. The molecule has 33 heavy (non-hydrogen) atoms. The molecule has 8 nitrogen and oxygen atoms in total. The van der Waals surface area contributed by atoms with E-state index in [-0.39, 0.29) is 18.5 Å². The highest BCUT2D eigenvalue weighted by Crippen LogP contribution is 2.23. The van der Waals surface area contributed by atoms with Gasteiger partial charge in [0.05, 0.1) is 19.1 Å². The number of amides is 2. The summed E-state index contributed by atoms with van der Waals surface area (Å²) < 4.78 is 31.4. The Morgan fingerprint density at radius 3 is 2.24 bits per heavy atom. The Kier molecular flexibility index (Phi) is 8.87. The van der Waals surface area contributed by atoms with Crippen LogP contribution in [0.2, 0.25) is 0 Å². The Morgan fingerprint density at radius 1 is 1.06 bits per heavy atom. The Labute approximate surface area is 196 Å². The maximum Gasteiger partial charge on any atom is 0.244 e. The van der Waals surface area contributed by atoms with Gasteiger partial charge in [-0.05, 0) is 45.4 Å². The van der Waals surface area contributed by atoms with E-state index in [9.17, 15) is 18.0 Å². The molecular formula is C24H33N3O5S. The summed E-state index contributed by atoms with van der Waals surface area (Å²) >= 11 is 0. The maximum absolute atomic E-state index is 13.4. The molecule has 9 heteroatoms. The van der Waals surface area contributed by atoms with Crippen molar-refractivity contribution in [2.24, 2.45) is 0 Å². The van der Waals surface area contributed by atoms with Gasteiger partial charge in [0.2, 0.25) is 21.8 Å². The maximum atomic E-state index is 13.4. The van der Waals surface area contributed by atoms with Crippen LogP contribution in [0.15, 0.2) is 48.5 Å². The van der Waals surface area contributed by atoms with Gasteiger partial charge in [0, 0.05) is 18.7 Å². The van der Waals surface area contributed by atoms with Gasteiger partial charge in [-0.1, -0.05) is 35.9 Å². The van der Waals surface area contributed by atoms with E-state index in [1.54, 1.807) is 31.2 Å². The summed E-state index contributed by atoms with van der Waals surface area (Å²) in [5, 5.41) is 2.82. The molecule has 0 radical (unpaired) electrons. The molecule has 0 aliphatic rings. The predicted molar refractivity (Wildman–Crippen MR) is 130 cm³/mol. The van der Waals surface area contributed by atoms with E-state index < -0.39 is 28.5 Å². The number of anilines is 1. The van der Waals surface area contributed by atoms with Crippen LogP contribution in [0, 0.1) is 6.92 Å². The van der Waals surface area contributed by atoms with Crippen LogP contribution in [0.1, 0.15) is 31.9 Å². The highest BCUT2D eigenvalue weighted by atomic mass is 32.2. The third-order valence-corrected chi connectivity index (χ3v) is 6.23. The lowest BCUT2D eigenvalue weighted by atomic mass is 10.1. The Bertz CT molecular complexity index is 1070. The molecule has 0 bridgehead atoms. The van der Waals surface area contributed by atoms with Crippen LogP contribution in [-0.4, -0.2) is 57.1 Å². The molecule has 0 unspecified atom stereocenters. The molecule has 0 spiro atoms. The summed E-state index contributed by atoms with van der Waals surface area (Å²) in [5.41, 5.74) is 2.22. The van der Waals surface area contributed by atoms with Gasteiger partial charge in [-0.15, -0.1) is 0 Å². The van der Waals surface area contributed by atoms with E-state index in [4.69, 9.17) is 4.74 Å². The smallest absolute Gasteiger partial charge is 0.244 e. The van der Waals surface area contributed by atoms with E-state index in [1.807, 2.05) is 45.0 Å². The molecular weight excluding hydrogens is 442 g/mol. The number of sulfonamides is 1. The van der Waals surface area contributed by atoms with Crippen molar-refractivity contribution >= 4 is 27.5 Å². The van der Waals surface area contributed by atoms with E-state index in [2.05, 4.69) is 5.32 Å². The van der Waals surface area contributed by atoms with Crippen LogP contribution < -0.4 is 14.4 Å². The number of methoxy groups -OCH3 is 1. The van der Waals surface area contributed by atoms with E-state index in [0.717, 1.165) is 21.7 Å². The standard InChI is InChI=1S/C24H33N3O5S/c1-17(2)25-24(29)19(4)26(15-20-12-10-18(3)11-13-20)23(28)16-27(33(6,30)31)21-8-7-9-22(14-21)32-5/h7-14,17,19H,15-16H2,1-6H3,(H,25,29)/t19-/m0/s1. The number of nitrogens with one attached hydrogen (secondary N) is 1. The molecule has 1 atom stereocenters. The molecule has 0 heterocycles. The van der Waals surface area contributed by atoms with Crippen molar-refractivity contribution in [1.29, 1.82) is 0 Å². The monoisotopic (exact) mass is 475 g/mol. The lowest BCUT2D eigenvalue weighted by Crippen LogP contribution is -2.52. The van der Waals surface area contributed by atoms with Gasteiger partial charge >= 0.3 is 0 Å². The first-order valence-corrected chi connectivity index (χ1v) is 12.5. The number of carbonyl (C=O) groups excluding carboxylic acids is 2. The number of hydrogen-bond donors (Lipinski definition) is 1. The second kappa shape index (κ2) is 11.2. The molecule has 0 saturated heterocycles. The molecule has 2 aromatic carbocycles. The van der Waals surface area contributed by atoms with Crippen molar-refractivity contribution in [3.63, 3.8) is 0 Å². The first-order valence-electron chi connectivity index (χ1n) is 10.7. The lowest BCUT2D eigenvalue weighted by molar-refractivity contribution is -0.139. The number of benzene rings is 2. The minimum atomic E-state index is -3.79. The summed E-state index contributed by atoms with van der Waals surface area (Å²) in [4.78, 5) is 27.6. The van der Waals surface area contributed by atoms with Gasteiger partial charge in [0.1, 0.15) is 18.3 Å². The molecule has 2 amide bonds. The zero-order valence-corrected chi connectivity index (χ0v) is 20.8. The van der Waals surface area contributed by atoms with E-state index in [1.165, 1.54) is 12.0 Å². The molecule has 1 N–H and O–H groups in total. The van der Waals surface area contributed by atoms with Gasteiger partial charge in [-0.3, -0.25) is 13.9 Å². The van der Waals surface area contributed by atoms with Gasteiger partial charge in [0.15, 0.2) is 0 Å². The van der Waals surface area contributed by atoms with Crippen LogP contribution in [0.4, 0.5) is 5.69 Å². The average molecular weight is 476 g/mol. The Hall–Kier alpha value is -3.07. The topological polar surface area (TPSA) is 96.0 Å². The second-order valence-corrected chi connectivity index (χ2v) is 10.2. The highest BCUT2D eigenvalue weighted by molar-refractivity contribution is 7.92. The average Bonchev–Trinajstić information content (AvgIpc) is 2.75. The quantitative estimate of drug-likeness (QED) is 0.570. The van der Waals surface area contributed by atoms with Gasteiger partial charge in [-0.2, -0.15) is 0 Å². The third kappa shape index (κ3) is 7.49. The molecule has 2 rings (SSSR count). The summed E-state index contributed by atoms with van der Waals surface area (Å²) in [6, 6.07) is 13.2. The Balaban J connectivity index is 2.39. The summed E-state index contributed by atoms with van der Waals surface area (Å²) in [6.07, 6.45) is 1.04.